The first-order valence-electron chi connectivity index (χ1n) is 8.37. The smallest absolute Gasteiger partial charge is 0.241 e. The lowest BCUT2D eigenvalue weighted by molar-refractivity contribution is -0.122. The SMILES string of the molecule is CCCNC(=O)CN(C)Cc1nc(-c2ccc(C(C)C)cc2)no1. The summed E-state index contributed by atoms with van der Waals surface area (Å²) >= 11 is 0. The summed E-state index contributed by atoms with van der Waals surface area (Å²) in [5.74, 6) is 1.57. The number of carbonyl (C=O) groups excluding carboxylic acids is 1. The van der Waals surface area contributed by atoms with Gasteiger partial charge in [0, 0.05) is 12.1 Å². The fourth-order valence-corrected chi connectivity index (χ4v) is 2.31. The largest absolute Gasteiger partial charge is 0.355 e. The number of rotatable bonds is 8. The van der Waals surface area contributed by atoms with Gasteiger partial charge in [0.25, 0.3) is 0 Å². The number of benzene rings is 1. The fourth-order valence-electron chi connectivity index (χ4n) is 2.31. The Bertz CT molecular complexity index is 649. The third kappa shape index (κ3) is 5.16. The summed E-state index contributed by atoms with van der Waals surface area (Å²) in [4.78, 5) is 18.0. The number of hydrogen-bond donors (Lipinski definition) is 1. The number of likely N-dealkylation sites (N-methyl/N-ethyl adjacent to an activating group) is 1. The van der Waals surface area contributed by atoms with E-state index in [9.17, 15) is 4.79 Å². The molecule has 0 saturated heterocycles. The van der Waals surface area contributed by atoms with Crippen molar-refractivity contribution < 1.29 is 9.32 Å². The molecule has 2 aromatic rings. The summed E-state index contributed by atoms with van der Waals surface area (Å²) in [6, 6.07) is 8.18. The number of nitrogens with one attached hydrogen (secondary N) is 1. The van der Waals surface area contributed by atoms with Gasteiger partial charge in [-0.15, -0.1) is 0 Å². The normalized spacial score (nSPS) is 11.2. The molecule has 0 atom stereocenters. The number of carbonyl (C=O) groups is 1. The van der Waals surface area contributed by atoms with Gasteiger partial charge in [0.05, 0.1) is 13.1 Å². The molecule has 0 aliphatic heterocycles. The van der Waals surface area contributed by atoms with Crippen molar-refractivity contribution in [3.63, 3.8) is 0 Å². The third-order valence-electron chi connectivity index (χ3n) is 3.69. The van der Waals surface area contributed by atoms with E-state index in [0.29, 0.717) is 37.3 Å². The molecule has 1 aromatic carbocycles. The zero-order valence-corrected chi connectivity index (χ0v) is 14.9. The van der Waals surface area contributed by atoms with Crippen LogP contribution in [0.15, 0.2) is 28.8 Å². The van der Waals surface area contributed by atoms with Crippen LogP contribution in [0.3, 0.4) is 0 Å². The fraction of sp³-hybridized carbons (Fsp3) is 0.500. The van der Waals surface area contributed by atoms with Gasteiger partial charge in [-0.25, -0.2) is 0 Å². The summed E-state index contributed by atoms with van der Waals surface area (Å²) < 4.78 is 5.30. The van der Waals surface area contributed by atoms with E-state index in [1.165, 1.54) is 5.56 Å². The van der Waals surface area contributed by atoms with Crippen LogP contribution < -0.4 is 5.32 Å². The molecule has 0 aliphatic carbocycles. The Morgan fingerprint density at radius 3 is 2.62 bits per heavy atom. The lowest BCUT2D eigenvalue weighted by Gasteiger charge is -2.13. The van der Waals surface area contributed by atoms with Crippen LogP contribution in [-0.2, 0) is 11.3 Å². The van der Waals surface area contributed by atoms with E-state index in [4.69, 9.17) is 4.52 Å². The monoisotopic (exact) mass is 330 g/mol. The Hall–Kier alpha value is -2.21. The minimum Gasteiger partial charge on any atom is -0.355 e. The van der Waals surface area contributed by atoms with Crippen LogP contribution in [0, 0.1) is 0 Å². The Labute approximate surface area is 143 Å². The van der Waals surface area contributed by atoms with Gasteiger partial charge in [-0.1, -0.05) is 50.2 Å². The zero-order valence-electron chi connectivity index (χ0n) is 14.9. The van der Waals surface area contributed by atoms with Crippen molar-refractivity contribution in [2.75, 3.05) is 20.1 Å². The van der Waals surface area contributed by atoms with Crippen LogP contribution in [0.2, 0.25) is 0 Å². The molecule has 2 rings (SSSR count). The first kappa shape index (κ1) is 18.1. The summed E-state index contributed by atoms with van der Waals surface area (Å²) in [5, 5.41) is 6.88. The maximum atomic E-state index is 11.7. The second-order valence-corrected chi connectivity index (χ2v) is 6.31. The van der Waals surface area contributed by atoms with E-state index in [1.807, 2.05) is 31.0 Å². The maximum Gasteiger partial charge on any atom is 0.241 e. The summed E-state index contributed by atoms with van der Waals surface area (Å²) in [6.07, 6.45) is 0.929. The highest BCUT2D eigenvalue weighted by Gasteiger charge is 2.13. The molecule has 0 saturated carbocycles. The predicted octanol–water partition coefficient (Wildman–Crippen LogP) is 2.82. The number of hydrogen-bond acceptors (Lipinski definition) is 5. The van der Waals surface area contributed by atoms with Crippen molar-refractivity contribution in [3.05, 3.63) is 35.7 Å². The molecule has 0 aliphatic rings. The van der Waals surface area contributed by atoms with Crippen LogP contribution in [0.4, 0.5) is 0 Å². The molecule has 6 heteroatoms. The summed E-state index contributed by atoms with van der Waals surface area (Å²) in [6.45, 7) is 7.79. The first-order chi connectivity index (χ1) is 11.5. The molecule has 1 aromatic heterocycles. The van der Waals surface area contributed by atoms with Crippen molar-refractivity contribution in [1.82, 2.24) is 20.4 Å². The highest BCUT2D eigenvalue weighted by Crippen LogP contribution is 2.20. The Balaban J connectivity index is 1.94. The van der Waals surface area contributed by atoms with Crippen LogP contribution >= 0.6 is 0 Å². The van der Waals surface area contributed by atoms with E-state index in [2.05, 4.69) is 41.4 Å². The topological polar surface area (TPSA) is 71.3 Å². The molecule has 24 heavy (non-hydrogen) atoms. The zero-order chi connectivity index (χ0) is 17.5. The molecule has 130 valence electrons. The average molecular weight is 330 g/mol. The maximum absolute atomic E-state index is 11.7. The van der Waals surface area contributed by atoms with Crippen molar-refractivity contribution in [3.8, 4) is 11.4 Å². The Kier molecular flexibility index (Phi) is 6.49. The molecule has 0 fully saturated rings. The van der Waals surface area contributed by atoms with Gasteiger partial charge in [0.15, 0.2) is 0 Å². The highest BCUT2D eigenvalue weighted by atomic mass is 16.5. The van der Waals surface area contributed by atoms with Crippen molar-refractivity contribution in [2.45, 2.75) is 39.7 Å². The third-order valence-corrected chi connectivity index (χ3v) is 3.69. The second kappa shape index (κ2) is 8.59. The van der Waals surface area contributed by atoms with E-state index < -0.39 is 0 Å². The lowest BCUT2D eigenvalue weighted by atomic mass is 10.0. The van der Waals surface area contributed by atoms with Gasteiger partial charge < -0.3 is 9.84 Å². The minimum absolute atomic E-state index is 0.00311. The molecule has 6 nitrogen and oxygen atoms in total. The average Bonchev–Trinajstić information content (AvgIpc) is 3.01. The van der Waals surface area contributed by atoms with E-state index in [-0.39, 0.29) is 5.91 Å². The van der Waals surface area contributed by atoms with Gasteiger partial charge in [0.1, 0.15) is 0 Å². The molecule has 1 N–H and O–H groups in total. The summed E-state index contributed by atoms with van der Waals surface area (Å²) in [7, 11) is 1.85. The Morgan fingerprint density at radius 2 is 2.00 bits per heavy atom. The quantitative estimate of drug-likeness (QED) is 0.806. The summed E-state index contributed by atoms with van der Waals surface area (Å²) in [5.41, 5.74) is 2.21. The standard InChI is InChI=1S/C18H26N4O2/c1-5-10-19-16(23)11-22(4)12-17-20-18(21-24-17)15-8-6-14(7-9-15)13(2)3/h6-9,13H,5,10-12H2,1-4H3,(H,19,23). The van der Waals surface area contributed by atoms with Crippen LogP contribution in [-0.4, -0.2) is 41.1 Å². The number of nitrogens with zero attached hydrogens (tertiary/aromatic N) is 3. The highest BCUT2D eigenvalue weighted by molar-refractivity contribution is 5.77. The number of amides is 1. The van der Waals surface area contributed by atoms with E-state index in [0.717, 1.165) is 12.0 Å². The van der Waals surface area contributed by atoms with E-state index >= 15 is 0 Å². The van der Waals surface area contributed by atoms with Crippen molar-refractivity contribution in [1.29, 1.82) is 0 Å². The van der Waals surface area contributed by atoms with Gasteiger partial charge in [-0.3, -0.25) is 9.69 Å². The molecule has 0 spiro atoms. The van der Waals surface area contributed by atoms with Crippen molar-refractivity contribution in [2.24, 2.45) is 0 Å². The predicted molar refractivity (Wildman–Crippen MR) is 93.5 cm³/mol. The van der Waals surface area contributed by atoms with Gasteiger partial charge >= 0.3 is 0 Å². The second-order valence-electron chi connectivity index (χ2n) is 6.31. The van der Waals surface area contributed by atoms with Gasteiger partial charge in [0.2, 0.25) is 17.6 Å². The lowest BCUT2D eigenvalue weighted by Crippen LogP contribution is -2.35. The molecular formula is C18H26N4O2. The molecule has 1 amide bonds. The minimum atomic E-state index is 0.00311. The van der Waals surface area contributed by atoms with Crippen molar-refractivity contribution >= 4 is 5.91 Å². The van der Waals surface area contributed by atoms with Gasteiger partial charge in [-0.2, -0.15) is 4.98 Å². The molecule has 0 radical (unpaired) electrons. The Morgan fingerprint density at radius 1 is 1.29 bits per heavy atom. The van der Waals surface area contributed by atoms with Crippen LogP contribution in [0.25, 0.3) is 11.4 Å². The van der Waals surface area contributed by atoms with Gasteiger partial charge in [-0.05, 0) is 24.9 Å². The van der Waals surface area contributed by atoms with Crippen LogP contribution in [0.1, 0.15) is 44.6 Å². The van der Waals surface area contributed by atoms with E-state index in [1.54, 1.807) is 0 Å². The van der Waals surface area contributed by atoms with Crippen LogP contribution in [0.5, 0.6) is 0 Å². The molecule has 1 heterocycles. The molecule has 0 unspecified atom stereocenters. The first-order valence-corrected chi connectivity index (χ1v) is 8.37. The number of aromatic nitrogens is 2. The molecular weight excluding hydrogens is 304 g/mol. The molecule has 0 bridgehead atoms.